The van der Waals surface area contributed by atoms with Crippen LogP contribution in [0.2, 0.25) is 0 Å². The maximum atomic E-state index is 12.3. The molecule has 0 spiro atoms. The largest absolute Gasteiger partial charge is 0.398 e. The van der Waals surface area contributed by atoms with Gasteiger partial charge in [-0.25, -0.2) is 8.42 Å². The molecule has 2 aromatic carbocycles. The van der Waals surface area contributed by atoms with E-state index in [0.29, 0.717) is 0 Å². The Balaban J connectivity index is 2.69. The molecule has 2 rings (SSSR count). The summed E-state index contributed by atoms with van der Waals surface area (Å²) < 4.78 is 24.6. The van der Waals surface area contributed by atoms with Crippen LogP contribution < -0.4 is 11.5 Å². The molecule has 0 bridgehead atoms. The molecule has 0 aliphatic heterocycles. The van der Waals surface area contributed by atoms with Crippen LogP contribution in [0.4, 0.5) is 11.4 Å². The van der Waals surface area contributed by atoms with E-state index in [9.17, 15) is 8.42 Å². The first-order valence-corrected chi connectivity index (χ1v) is 6.46. The average Bonchev–Trinajstić information content (AvgIpc) is 2.29. The first-order chi connectivity index (χ1) is 8.03. The van der Waals surface area contributed by atoms with Crippen LogP contribution in [0.5, 0.6) is 0 Å². The summed E-state index contributed by atoms with van der Waals surface area (Å²) in [5.41, 5.74) is 11.7. The molecule has 0 amide bonds. The summed E-state index contributed by atoms with van der Waals surface area (Å²) in [4.78, 5) is 0.163. The highest BCUT2D eigenvalue weighted by atomic mass is 32.2. The van der Waals surface area contributed by atoms with Gasteiger partial charge in [-0.3, -0.25) is 0 Å². The molecule has 0 aliphatic rings. The molecule has 4 nitrogen and oxygen atoms in total. The van der Waals surface area contributed by atoms with E-state index < -0.39 is 9.84 Å². The summed E-state index contributed by atoms with van der Waals surface area (Å²) in [5.74, 6) is 0. The van der Waals surface area contributed by atoms with Gasteiger partial charge in [0.1, 0.15) is 4.90 Å². The second kappa shape index (κ2) is 4.10. The third-order valence-electron chi connectivity index (χ3n) is 2.40. The molecule has 0 aliphatic carbocycles. The van der Waals surface area contributed by atoms with Crippen LogP contribution in [0.1, 0.15) is 0 Å². The predicted octanol–water partition coefficient (Wildman–Crippen LogP) is 1.68. The van der Waals surface area contributed by atoms with Gasteiger partial charge in [-0.15, -0.1) is 0 Å². The Morgan fingerprint density at radius 3 is 1.82 bits per heavy atom. The van der Waals surface area contributed by atoms with Crippen LogP contribution in [-0.4, -0.2) is 8.42 Å². The van der Waals surface area contributed by atoms with Crippen LogP contribution in [0.15, 0.2) is 58.3 Å². The Kier molecular flexibility index (Phi) is 2.77. The first kappa shape index (κ1) is 11.5. The van der Waals surface area contributed by atoms with Crippen molar-refractivity contribution in [1.29, 1.82) is 0 Å². The van der Waals surface area contributed by atoms with E-state index in [1.54, 1.807) is 24.3 Å². The lowest BCUT2D eigenvalue weighted by atomic mass is 10.3. The summed E-state index contributed by atoms with van der Waals surface area (Å²) in [7, 11) is -3.65. The third kappa shape index (κ3) is 1.97. The van der Waals surface area contributed by atoms with Gasteiger partial charge in [0.25, 0.3) is 0 Å². The molecule has 0 atom stereocenters. The maximum Gasteiger partial charge on any atom is 0.210 e. The lowest BCUT2D eigenvalue weighted by Crippen LogP contribution is -2.08. The third-order valence-corrected chi connectivity index (χ3v) is 4.30. The molecule has 17 heavy (non-hydrogen) atoms. The van der Waals surface area contributed by atoms with Gasteiger partial charge in [0.05, 0.1) is 16.3 Å². The smallest absolute Gasteiger partial charge is 0.210 e. The van der Waals surface area contributed by atoms with E-state index in [0.717, 1.165) is 0 Å². The normalized spacial score (nSPS) is 11.3. The summed E-state index contributed by atoms with van der Waals surface area (Å²) in [5, 5.41) is 0. The van der Waals surface area contributed by atoms with Crippen molar-refractivity contribution in [1.82, 2.24) is 0 Å². The van der Waals surface area contributed by atoms with E-state index in [4.69, 9.17) is 11.5 Å². The molecule has 0 radical (unpaired) electrons. The van der Waals surface area contributed by atoms with Gasteiger partial charge in [0.15, 0.2) is 0 Å². The van der Waals surface area contributed by atoms with Crippen molar-refractivity contribution in [2.24, 2.45) is 0 Å². The molecule has 0 unspecified atom stereocenters. The Morgan fingerprint density at radius 2 is 1.29 bits per heavy atom. The topological polar surface area (TPSA) is 86.2 Å². The predicted molar refractivity (Wildman–Crippen MR) is 67.2 cm³/mol. The minimum absolute atomic E-state index is 0.0220. The van der Waals surface area contributed by atoms with Gasteiger partial charge >= 0.3 is 0 Å². The van der Waals surface area contributed by atoms with Gasteiger partial charge in [0, 0.05) is 0 Å². The minimum atomic E-state index is -3.65. The van der Waals surface area contributed by atoms with Crippen LogP contribution in [-0.2, 0) is 9.84 Å². The van der Waals surface area contributed by atoms with Crippen molar-refractivity contribution in [2.45, 2.75) is 9.79 Å². The number of hydrogen-bond acceptors (Lipinski definition) is 4. The highest BCUT2D eigenvalue weighted by Crippen LogP contribution is 2.30. The first-order valence-electron chi connectivity index (χ1n) is 4.97. The average molecular weight is 248 g/mol. The lowest BCUT2D eigenvalue weighted by Gasteiger charge is -2.09. The summed E-state index contributed by atoms with van der Waals surface area (Å²) >= 11 is 0. The Morgan fingerprint density at radius 1 is 0.765 bits per heavy atom. The van der Waals surface area contributed by atoms with Gasteiger partial charge in [0.2, 0.25) is 9.84 Å². The number of benzene rings is 2. The summed E-state index contributed by atoms with van der Waals surface area (Å²) in [6, 6.07) is 12.7. The second-order valence-electron chi connectivity index (χ2n) is 3.58. The van der Waals surface area contributed by atoms with Crippen molar-refractivity contribution < 1.29 is 8.42 Å². The molecule has 0 saturated carbocycles. The molecular formula is C12H12N2O2S. The number of nitrogen functional groups attached to an aromatic ring is 2. The van der Waals surface area contributed by atoms with E-state index in [1.807, 2.05) is 0 Å². The van der Waals surface area contributed by atoms with Crippen molar-refractivity contribution in [3.8, 4) is 0 Å². The molecule has 0 fully saturated rings. The van der Waals surface area contributed by atoms with E-state index in [1.165, 1.54) is 24.3 Å². The zero-order chi connectivity index (χ0) is 12.5. The van der Waals surface area contributed by atoms with Gasteiger partial charge in [-0.05, 0) is 24.3 Å². The maximum absolute atomic E-state index is 12.3. The quantitative estimate of drug-likeness (QED) is 0.792. The summed E-state index contributed by atoms with van der Waals surface area (Å²) in [6.07, 6.45) is 0. The van der Waals surface area contributed by atoms with Crippen molar-refractivity contribution >= 4 is 21.2 Å². The standard InChI is InChI=1S/C12H12N2O2S/c13-10-7-4-8-11(14)12(10)17(15,16)9-5-2-1-3-6-9/h1-8H,13-14H2. The van der Waals surface area contributed by atoms with E-state index in [-0.39, 0.29) is 21.2 Å². The number of sulfone groups is 1. The SMILES string of the molecule is Nc1cccc(N)c1S(=O)(=O)c1ccccc1. The van der Waals surface area contributed by atoms with Crippen molar-refractivity contribution in [3.05, 3.63) is 48.5 Å². The molecular weight excluding hydrogens is 236 g/mol. The molecule has 88 valence electrons. The zero-order valence-corrected chi connectivity index (χ0v) is 9.81. The Bertz CT molecular complexity index is 617. The van der Waals surface area contributed by atoms with Crippen molar-refractivity contribution in [2.75, 3.05) is 11.5 Å². The highest BCUT2D eigenvalue weighted by Gasteiger charge is 2.22. The molecule has 0 saturated heterocycles. The van der Waals surface area contributed by atoms with Crippen LogP contribution >= 0.6 is 0 Å². The highest BCUT2D eigenvalue weighted by molar-refractivity contribution is 7.91. The van der Waals surface area contributed by atoms with E-state index >= 15 is 0 Å². The van der Waals surface area contributed by atoms with Gasteiger partial charge in [-0.1, -0.05) is 24.3 Å². The molecule has 5 heteroatoms. The zero-order valence-electron chi connectivity index (χ0n) is 9.00. The molecule has 2 aromatic rings. The minimum Gasteiger partial charge on any atom is -0.398 e. The lowest BCUT2D eigenvalue weighted by molar-refractivity contribution is 0.597. The summed E-state index contributed by atoms with van der Waals surface area (Å²) in [6.45, 7) is 0. The fourth-order valence-electron chi connectivity index (χ4n) is 1.60. The number of nitrogens with two attached hydrogens (primary N) is 2. The monoisotopic (exact) mass is 248 g/mol. The number of anilines is 2. The van der Waals surface area contributed by atoms with Crippen LogP contribution in [0.3, 0.4) is 0 Å². The fourth-order valence-corrected chi connectivity index (χ4v) is 3.11. The molecule has 0 aromatic heterocycles. The Hall–Kier alpha value is -2.01. The van der Waals surface area contributed by atoms with Crippen LogP contribution in [0, 0.1) is 0 Å². The van der Waals surface area contributed by atoms with Gasteiger partial charge in [-0.2, -0.15) is 0 Å². The second-order valence-corrected chi connectivity index (χ2v) is 5.47. The number of rotatable bonds is 2. The van der Waals surface area contributed by atoms with Gasteiger partial charge < -0.3 is 11.5 Å². The fraction of sp³-hybridized carbons (Fsp3) is 0. The Labute approximate surface area is 99.8 Å². The van der Waals surface area contributed by atoms with Crippen LogP contribution in [0.25, 0.3) is 0 Å². The van der Waals surface area contributed by atoms with Crippen molar-refractivity contribution in [3.63, 3.8) is 0 Å². The van der Waals surface area contributed by atoms with E-state index in [2.05, 4.69) is 0 Å². The molecule has 4 N–H and O–H groups in total. The molecule has 0 heterocycles. The number of hydrogen-bond donors (Lipinski definition) is 2.